The molecule has 2 aromatic carbocycles. The van der Waals surface area contributed by atoms with E-state index < -0.39 is 94.8 Å². The Labute approximate surface area is 357 Å². The number of hydrogen-bond acceptors (Lipinski definition) is 10. The minimum atomic E-state index is -4.75. The molecule has 0 radical (unpaired) electrons. The number of nitrogens with one attached hydrogen (secondary N) is 5. The molecule has 3 rings (SSSR count). The van der Waals surface area contributed by atoms with E-state index in [0.717, 1.165) is 17.0 Å². The number of nitrogens with zero attached hydrogens (tertiary/aromatic N) is 2. The predicted octanol–water partition coefficient (Wildman–Crippen LogP) is 6.55. The molecule has 340 valence electrons. The lowest BCUT2D eigenvalue weighted by atomic mass is 10.00. The van der Waals surface area contributed by atoms with Gasteiger partial charge in [0.05, 0.1) is 17.5 Å². The SMILES string of the molecule is CC(C)(C)OC(=O)NCCN(CCNC(=O)OC(C)(C)C)C(=O)C[C@H](NC(=O)OC(C)(C)C)C(=O)N[C@H](C(=O)Nc1ccc2ncccc2c1)[C@@H](F)c1ccc(C(F)(F)F)cc1. The fourth-order valence-electron chi connectivity index (χ4n) is 5.49. The summed E-state index contributed by atoms with van der Waals surface area (Å²) >= 11 is 0. The standard InChI is InChI=1S/C42H55F4N7O9/c1-39(2,3)60-36(57)48-19-21-53(22-20-49-37(58)61-40(4,5)6)31(54)24-30(51-38(59)62-41(7,8)9)34(55)52-33(32(43)25-12-14-27(15-13-25)42(44,45)46)35(56)50-28-16-17-29-26(23-28)11-10-18-47-29/h10-18,23,30,32-33H,19-22,24H2,1-9H3,(H,48,57)(H,49,58)(H,50,56)(H,51,59)(H,52,55)/t30-,32-,33-/m0/s1. The minimum Gasteiger partial charge on any atom is -0.444 e. The highest BCUT2D eigenvalue weighted by Crippen LogP contribution is 2.31. The number of anilines is 1. The Morgan fingerprint density at radius 3 is 1.74 bits per heavy atom. The predicted molar refractivity (Wildman–Crippen MR) is 220 cm³/mol. The highest BCUT2D eigenvalue weighted by molar-refractivity contribution is 6.00. The molecule has 0 bridgehead atoms. The third-order valence-corrected chi connectivity index (χ3v) is 8.14. The molecule has 0 unspecified atom stereocenters. The first-order valence-corrected chi connectivity index (χ1v) is 19.6. The number of carbonyl (C=O) groups is 6. The lowest BCUT2D eigenvalue weighted by Crippen LogP contribution is -2.56. The van der Waals surface area contributed by atoms with Gasteiger partial charge < -0.3 is 45.7 Å². The Balaban J connectivity index is 1.97. The molecule has 1 heterocycles. The van der Waals surface area contributed by atoms with Crippen molar-refractivity contribution in [3.8, 4) is 0 Å². The van der Waals surface area contributed by atoms with Gasteiger partial charge in [0.25, 0.3) is 0 Å². The first-order chi connectivity index (χ1) is 28.6. The van der Waals surface area contributed by atoms with E-state index >= 15 is 4.39 Å². The summed E-state index contributed by atoms with van der Waals surface area (Å²) in [6, 6.07) is 6.79. The number of alkyl halides is 4. The molecule has 0 aliphatic carbocycles. The average Bonchev–Trinajstić information content (AvgIpc) is 3.13. The number of hydrogen-bond donors (Lipinski definition) is 5. The summed E-state index contributed by atoms with van der Waals surface area (Å²) in [6.45, 7) is 13.8. The second-order valence-corrected chi connectivity index (χ2v) is 17.0. The van der Waals surface area contributed by atoms with E-state index in [2.05, 4.69) is 31.6 Å². The van der Waals surface area contributed by atoms with Crippen molar-refractivity contribution in [2.75, 3.05) is 31.5 Å². The molecule has 20 heteroatoms. The van der Waals surface area contributed by atoms with Gasteiger partial charge in [-0.25, -0.2) is 18.8 Å². The van der Waals surface area contributed by atoms with Crippen LogP contribution in [0.4, 0.5) is 37.6 Å². The van der Waals surface area contributed by atoms with Crippen molar-refractivity contribution in [1.82, 2.24) is 31.2 Å². The van der Waals surface area contributed by atoms with Crippen LogP contribution >= 0.6 is 0 Å². The van der Waals surface area contributed by atoms with Crippen LogP contribution in [0.25, 0.3) is 10.9 Å². The van der Waals surface area contributed by atoms with Crippen LogP contribution in [0.1, 0.15) is 86.0 Å². The summed E-state index contributed by atoms with van der Waals surface area (Å²) in [6.07, 6.45) is -9.24. The smallest absolute Gasteiger partial charge is 0.416 e. The van der Waals surface area contributed by atoms with Crippen LogP contribution in [0.15, 0.2) is 60.8 Å². The van der Waals surface area contributed by atoms with E-state index in [1.54, 1.807) is 65.9 Å². The maximum atomic E-state index is 16.5. The van der Waals surface area contributed by atoms with Gasteiger partial charge in [-0.2, -0.15) is 13.2 Å². The molecular formula is C42H55F4N7O9. The number of aromatic nitrogens is 1. The summed E-state index contributed by atoms with van der Waals surface area (Å²) in [4.78, 5) is 85.1. The first kappa shape index (κ1) is 50.1. The normalized spacial score (nSPS) is 13.4. The topological polar surface area (TPSA) is 206 Å². The average molecular weight is 878 g/mol. The van der Waals surface area contributed by atoms with Crippen molar-refractivity contribution in [2.45, 2.75) is 110 Å². The Morgan fingerprint density at radius 1 is 0.694 bits per heavy atom. The Morgan fingerprint density at radius 2 is 1.23 bits per heavy atom. The summed E-state index contributed by atoms with van der Waals surface area (Å²) in [5, 5.41) is 12.7. The van der Waals surface area contributed by atoms with Crippen LogP contribution in [0.3, 0.4) is 0 Å². The van der Waals surface area contributed by atoms with Crippen LogP contribution in [-0.4, -0.2) is 101 Å². The van der Waals surface area contributed by atoms with Crippen LogP contribution in [0.5, 0.6) is 0 Å². The number of fused-ring (bicyclic) bond motifs is 1. The molecule has 0 saturated carbocycles. The van der Waals surface area contributed by atoms with Gasteiger partial charge in [0, 0.05) is 43.4 Å². The monoisotopic (exact) mass is 877 g/mol. The Hall–Kier alpha value is -6.21. The third kappa shape index (κ3) is 17.4. The van der Waals surface area contributed by atoms with Gasteiger partial charge in [0.1, 0.15) is 28.9 Å². The maximum Gasteiger partial charge on any atom is 0.416 e. The van der Waals surface area contributed by atoms with Crippen LogP contribution in [0.2, 0.25) is 0 Å². The summed E-state index contributed by atoms with van der Waals surface area (Å²) in [7, 11) is 0. The van der Waals surface area contributed by atoms with Gasteiger partial charge in [-0.15, -0.1) is 0 Å². The summed E-state index contributed by atoms with van der Waals surface area (Å²) in [5.41, 5.74) is -3.53. The number of alkyl carbamates (subject to hydrolysis) is 3. The van der Waals surface area contributed by atoms with E-state index in [1.807, 2.05) is 0 Å². The molecule has 0 saturated heterocycles. The van der Waals surface area contributed by atoms with Crippen molar-refractivity contribution in [3.05, 3.63) is 71.9 Å². The number of amides is 6. The van der Waals surface area contributed by atoms with E-state index in [-0.39, 0.29) is 31.9 Å². The fourth-order valence-corrected chi connectivity index (χ4v) is 5.49. The number of rotatable bonds is 15. The first-order valence-electron chi connectivity index (χ1n) is 19.6. The molecule has 5 N–H and O–H groups in total. The van der Waals surface area contributed by atoms with Crippen molar-refractivity contribution in [2.24, 2.45) is 0 Å². The number of carbonyl (C=O) groups excluding carboxylic acids is 6. The zero-order chi connectivity index (χ0) is 46.6. The van der Waals surface area contributed by atoms with Gasteiger partial charge in [-0.3, -0.25) is 19.4 Å². The van der Waals surface area contributed by atoms with Crippen molar-refractivity contribution < 1.29 is 60.5 Å². The summed E-state index contributed by atoms with van der Waals surface area (Å²) in [5.74, 6) is -3.21. The van der Waals surface area contributed by atoms with Gasteiger partial charge in [-0.05, 0) is 104 Å². The molecule has 0 fully saturated rings. The second-order valence-electron chi connectivity index (χ2n) is 17.0. The van der Waals surface area contributed by atoms with Gasteiger partial charge in [0.2, 0.25) is 17.7 Å². The molecular weight excluding hydrogens is 822 g/mol. The highest BCUT2D eigenvalue weighted by atomic mass is 19.4. The molecule has 0 aliphatic rings. The number of benzene rings is 2. The molecule has 0 aliphatic heterocycles. The second kappa shape index (κ2) is 21.0. The van der Waals surface area contributed by atoms with Crippen LogP contribution < -0.4 is 26.6 Å². The van der Waals surface area contributed by atoms with E-state index in [4.69, 9.17) is 14.2 Å². The lowest BCUT2D eigenvalue weighted by molar-refractivity contribution is -0.137. The third-order valence-electron chi connectivity index (χ3n) is 8.14. The molecule has 3 aromatic rings. The van der Waals surface area contributed by atoms with E-state index in [9.17, 15) is 41.9 Å². The molecule has 1 aromatic heterocycles. The lowest BCUT2D eigenvalue weighted by Gasteiger charge is -2.29. The van der Waals surface area contributed by atoms with Gasteiger partial charge in [0.15, 0.2) is 6.17 Å². The van der Waals surface area contributed by atoms with Crippen molar-refractivity contribution >= 4 is 52.6 Å². The quantitative estimate of drug-likeness (QED) is 0.0823. The van der Waals surface area contributed by atoms with Gasteiger partial charge in [-0.1, -0.05) is 18.2 Å². The molecule has 3 atom stereocenters. The minimum absolute atomic E-state index is 0.156. The maximum absolute atomic E-state index is 16.5. The number of halogens is 4. The van der Waals surface area contributed by atoms with Crippen LogP contribution in [-0.2, 0) is 34.8 Å². The van der Waals surface area contributed by atoms with Crippen molar-refractivity contribution in [1.29, 1.82) is 0 Å². The molecule has 62 heavy (non-hydrogen) atoms. The fraction of sp³-hybridized carbons (Fsp3) is 0.500. The zero-order valence-corrected chi connectivity index (χ0v) is 36.1. The van der Waals surface area contributed by atoms with E-state index in [0.29, 0.717) is 23.0 Å². The zero-order valence-electron chi connectivity index (χ0n) is 36.1. The Kier molecular flexibility index (Phi) is 17.0. The summed E-state index contributed by atoms with van der Waals surface area (Å²) < 4.78 is 72.4. The molecule has 16 nitrogen and oxygen atoms in total. The molecule has 0 spiro atoms. The number of pyridine rings is 1. The van der Waals surface area contributed by atoms with Crippen LogP contribution in [0, 0.1) is 0 Å². The largest absolute Gasteiger partial charge is 0.444 e. The Bertz CT molecular complexity index is 2010. The van der Waals surface area contributed by atoms with Gasteiger partial charge >= 0.3 is 24.5 Å². The van der Waals surface area contributed by atoms with E-state index in [1.165, 1.54) is 32.9 Å². The highest BCUT2D eigenvalue weighted by Gasteiger charge is 2.37. The van der Waals surface area contributed by atoms with Crippen molar-refractivity contribution in [3.63, 3.8) is 0 Å². The molecule has 6 amide bonds. The number of ether oxygens (including phenoxy) is 3.